The molecule has 0 aliphatic carbocycles. The summed E-state index contributed by atoms with van der Waals surface area (Å²) in [6.45, 7) is 12.6. The second-order valence-corrected chi connectivity index (χ2v) is 19.2. The van der Waals surface area contributed by atoms with Gasteiger partial charge in [0.05, 0.1) is 31.9 Å². The normalized spacial score (nSPS) is 24.7. The second-order valence-electron chi connectivity index (χ2n) is 14.9. The van der Waals surface area contributed by atoms with Crippen LogP contribution in [0.3, 0.4) is 0 Å². The van der Waals surface area contributed by atoms with Crippen LogP contribution in [-0.4, -0.2) is 74.3 Å². The maximum absolute atomic E-state index is 12.7. The third kappa shape index (κ3) is 7.79. The topological polar surface area (TPSA) is 83.5 Å². The van der Waals surface area contributed by atoms with Crippen LogP contribution in [0.2, 0.25) is 5.04 Å². The molecule has 7 atom stereocenters. The monoisotopic (exact) mass is 721 g/mol. The van der Waals surface area contributed by atoms with Crippen LogP contribution >= 0.6 is 0 Å². The van der Waals surface area contributed by atoms with Crippen molar-refractivity contribution in [2.24, 2.45) is 0 Å². The quantitative estimate of drug-likeness (QED) is 0.122. The Labute approximate surface area is 309 Å². The first-order valence-electron chi connectivity index (χ1n) is 18.2. The van der Waals surface area contributed by atoms with Gasteiger partial charge in [-0.3, -0.25) is 14.5 Å². The van der Waals surface area contributed by atoms with E-state index < -0.39 is 50.7 Å². The Morgan fingerprint density at radius 2 is 1.04 bits per heavy atom. The van der Waals surface area contributed by atoms with Crippen molar-refractivity contribution < 1.29 is 33.0 Å². The van der Waals surface area contributed by atoms with E-state index in [0.717, 1.165) is 11.1 Å². The van der Waals surface area contributed by atoms with Gasteiger partial charge in [0.2, 0.25) is 0 Å². The number of carbonyl (C=O) groups excluding carboxylic acids is 2. The average Bonchev–Trinajstić information content (AvgIpc) is 3.57. The van der Waals surface area contributed by atoms with Gasteiger partial charge < -0.3 is 23.4 Å². The molecule has 0 unspecified atom stereocenters. The molecule has 2 heterocycles. The molecular formula is C43H51NO7Si. The Morgan fingerprint density at radius 3 is 1.48 bits per heavy atom. The molecule has 8 nitrogen and oxygen atoms in total. The summed E-state index contributed by atoms with van der Waals surface area (Å²) < 4.78 is 33.4. The van der Waals surface area contributed by atoms with Crippen LogP contribution in [-0.2, 0) is 46.2 Å². The van der Waals surface area contributed by atoms with E-state index in [2.05, 4.69) is 74.2 Å². The fraction of sp³-hybridized carbons (Fsp3) is 0.395. The zero-order valence-electron chi connectivity index (χ0n) is 31.0. The van der Waals surface area contributed by atoms with Crippen LogP contribution in [0.5, 0.6) is 0 Å². The number of benzene rings is 4. The number of nitrogens with zero attached hydrogens (tertiary/aromatic N) is 1. The second kappa shape index (κ2) is 16.3. The fourth-order valence-electron chi connectivity index (χ4n) is 8.31. The molecule has 0 aromatic heterocycles. The Kier molecular flexibility index (Phi) is 11.8. The Morgan fingerprint density at radius 1 is 0.615 bits per heavy atom. The van der Waals surface area contributed by atoms with Gasteiger partial charge in [-0.25, -0.2) is 0 Å². The summed E-state index contributed by atoms with van der Waals surface area (Å²) in [6, 6.07) is 40.1. The van der Waals surface area contributed by atoms with Gasteiger partial charge in [0.15, 0.2) is 12.2 Å². The van der Waals surface area contributed by atoms with Gasteiger partial charge in [0.25, 0.3) is 8.32 Å². The molecule has 2 aliphatic heterocycles. The smallest absolute Gasteiger partial charge is 0.303 e. The number of esters is 2. The summed E-state index contributed by atoms with van der Waals surface area (Å²) in [5.74, 6) is -0.888. The standard InChI is InChI=1S/C43H51NO7Si/c1-30-39(50-31(2)45)42(51-32(3)46)38-41(48-28-34-21-13-8-14-22-34)40(47-27-33-19-11-7-12-20-33)37(44(30)38)29-49-52(43(4,5)6,35-23-15-9-16-24-35)36-25-17-10-18-26-36/h7-26,30,37-42H,27-29H2,1-6H3/t30-,37+,38-,39-,40+,41+,42-/m0/s1. The largest absolute Gasteiger partial charge is 0.457 e. The summed E-state index contributed by atoms with van der Waals surface area (Å²) in [7, 11) is -2.97. The van der Waals surface area contributed by atoms with Crippen LogP contribution < -0.4 is 10.4 Å². The summed E-state index contributed by atoms with van der Waals surface area (Å²) in [6.07, 6.45) is -2.52. The minimum absolute atomic E-state index is 0.255. The van der Waals surface area contributed by atoms with Gasteiger partial charge in [0, 0.05) is 19.9 Å². The van der Waals surface area contributed by atoms with Crippen LogP contribution in [0.1, 0.15) is 52.7 Å². The first kappa shape index (κ1) is 37.6. The highest BCUT2D eigenvalue weighted by Gasteiger charge is 2.65. The molecule has 52 heavy (non-hydrogen) atoms. The Bertz CT molecular complexity index is 1710. The van der Waals surface area contributed by atoms with Crippen LogP contribution in [0.4, 0.5) is 0 Å². The molecule has 9 heteroatoms. The molecule has 2 saturated heterocycles. The first-order valence-corrected chi connectivity index (χ1v) is 20.1. The van der Waals surface area contributed by atoms with E-state index in [1.165, 1.54) is 24.2 Å². The number of hydrogen-bond acceptors (Lipinski definition) is 8. The molecule has 4 aromatic rings. The van der Waals surface area contributed by atoms with E-state index in [1.807, 2.05) is 79.7 Å². The molecule has 0 spiro atoms. The van der Waals surface area contributed by atoms with Crippen molar-refractivity contribution in [1.29, 1.82) is 0 Å². The highest BCUT2D eigenvalue weighted by molar-refractivity contribution is 6.99. The molecular weight excluding hydrogens is 671 g/mol. The summed E-state index contributed by atoms with van der Waals surface area (Å²) >= 11 is 0. The maximum atomic E-state index is 12.7. The molecule has 0 amide bonds. The highest BCUT2D eigenvalue weighted by atomic mass is 28.4. The zero-order chi connectivity index (χ0) is 36.9. The lowest BCUT2D eigenvalue weighted by Crippen LogP contribution is -2.67. The molecule has 0 saturated carbocycles. The van der Waals surface area contributed by atoms with Crippen LogP contribution in [0.25, 0.3) is 0 Å². The zero-order valence-corrected chi connectivity index (χ0v) is 32.0. The molecule has 4 aromatic carbocycles. The van der Waals surface area contributed by atoms with Gasteiger partial charge in [-0.1, -0.05) is 142 Å². The third-order valence-electron chi connectivity index (χ3n) is 10.4. The minimum atomic E-state index is -2.97. The maximum Gasteiger partial charge on any atom is 0.303 e. The molecule has 274 valence electrons. The third-order valence-corrected chi connectivity index (χ3v) is 15.4. The predicted octanol–water partition coefficient (Wildman–Crippen LogP) is 6.05. The van der Waals surface area contributed by atoms with Crippen molar-refractivity contribution >= 4 is 30.6 Å². The van der Waals surface area contributed by atoms with E-state index >= 15 is 0 Å². The van der Waals surface area contributed by atoms with Crippen LogP contribution in [0.15, 0.2) is 121 Å². The molecule has 0 N–H and O–H groups in total. The van der Waals surface area contributed by atoms with Crippen molar-refractivity contribution in [3.63, 3.8) is 0 Å². The van der Waals surface area contributed by atoms with Gasteiger partial charge in [0.1, 0.15) is 12.2 Å². The van der Waals surface area contributed by atoms with Crippen molar-refractivity contribution in [1.82, 2.24) is 4.90 Å². The molecule has 0 radical (unpaired) electrons. The first-order chi connectivity index (χ1) is 25.0. The predicted molar refractivity (Wildman–Crippen MR) is 204 cm³/mol. The number of hydrogen-bond donors (Lipinski definition) is 0. The van der Waals surface area contributed by atoms with Gasteiger partial charge in [-0.15, -0.1) is 0 Å². The van der Waals surface area contributed by atoms with Gasteiger partial charge >= 0.3 is 11.9 Å². The van der Waals surface area contributed by atoms with Crippen molar-refractivity contribution in [2.45, 2.75) is 102 Å². The van der Waals surface area contributed by atoms with Crippen molar-refractivity contribution in [3.05, 3.63) is 132 Å². The SMILES string of the molecule is CC(=O)O[C@@H]1[C@@H](OC(C)=O)[C@H](C)N2[C@H]1[C@@H](OCc1ccccc1)[C@H](OCc1ccccc1)[C@H]2CO[Si](c1ccccc1)(c1ccccc1)C(C)(C)C. The summed E-state index contributed by atoms with van der Waals surface area (Å²) in [4.78, 5) is 27.5. The van der Waals surface area contributed by atoms with Gasteiger partial charge in [-0.2, -0.15) is 0 Å². The minimum Gasteiger partial charge on any atom is -0.457 e. The lowest BCUT2D eigenvalue weighted by molar-refractivity contribution is -0.168. The average molecular weight is 722 g/mol. The molecule has 6 rings (SSSR count). The summed E-state index contributed by atoms with van der Waals surface area (Å²) in [5, 5.41) is 2.09. The van der Waals surface area contributed by atoms with E-state index in [4.69, 9.17) is 23.4 Å². The number of rotatable bonds is 13. The number of fused-ring (bicyclic) bond motifs is 1. The lowest BCUT2D eigenvalue weighted by Gasteiger charge is -2.44. The Hall–Kier alpha value is -4.12. The van der Waals surface area contributed by atoms with E-state index in [0.29, 0.717) is 19.8 Å². The number of ether oxygens (including phenoxy) is 4. The van der Waals surface area contributed by atoms with Crippen LogP contribution in [0, 0.1) is 0 Å². The molecule has 2 fully saturated rings. The van der Waals surface area contributed by atoms with E-state index in [-0.39, 0.29) is 17.1 Å². The summed E-state index contributed by atoms with van der Waals surface area (Å²) in [5.41, 5.74) is 2.04. The number of carbonyl (C=O) groups is 2. The Balaban J connectivity index is 1.46. The lowest BCUT2D eigenvalue weighted by atomic mass is 9.98. The van der Waals surface area contributed by atoms with E-state index in [1.54, 1.807) is 0 Å². The fourth-order valence-corrected chi connectivity index (χ4v) is 12.9. The van der Waals surface area contributed by atoms with Gasteiger partial charge in [-0.05, 0) is 33.5 Å². The van der Waals surface area contributed by atoms with E-state index in [9.17, 15) is 9.59 Å². The van der Waals surface area contributed by atoms with Crippen molar-refractivity contribution in [3.8, 4) is 0 Å². The van der Waals surface area contributed by atoms with Crippen molar-refractivity contribution in [2.75, 3.05) is 6.61 Å². The molecule has 0 bridgehead atoms. The molecule has 2 aliphatic rings. The highest BCUT2D eigenvalue weighted by Crippen LogP contribution is 2.45.